The van der Waals surface area contributed by atoms with Crippen LogP contribution < -0.4 is 5.73 Å². The maximum Gasteiger partial charge on any atom is 0.320 e. The predicted octanol–water partition coefficient (Wildman–Crippen LogP) is -1.32. The van der Waals surface area contributed by atoms with E-state index in [0.717, 1.165) is 39.3 Å². The van der Waals surface area contributed by atoms with Crippen molar-refractivity contribution in [3.05, 3.63) is 0 Å². The number of carbonyl (C=O) groups is 2. The average Bonchev–Trinajstić information content (AvgIpc) is 2.79. The zero-order chi connectivity index (χ0) is 20.6. The van der Waals surface area contributed by atoms with Gasteiger partial charge in [0.25, 0.3) is 0 Å². The molecule has 0 aliphatic carbocycles. The maximum absolute atomic E-state index is 12.1. The smallest absolute Gasteiger partial charge is 0.320 e. The van der Waals surface area contributed by atoms with Crippen molar-refractivity contribution in [2.75, 3.05) is 92.3 Å². The summed E-state index contributed by atoms with van der Waals surface area (Å²) in [4.78, 5) is 33.3. The number of hydrogen-bond acceptors (Lipinski definition) is 9. The largest absolute Gasteiger partial charge is 0.465 e. The van der Waals surface area contributed by atoms with E-state index in [-0.39, 0.29) is 30.6 Å². The van der Waals surface area contributed by atoms with Crippen LogP contribution in [0.3, 0.4) is 0 Å². The number of nitrogens with two attached hydrogens (primary N) is 1. The molecule has 0 radical (unpaired) electrons. The number of carbonyl (C=O) groups excluding carboxylic acids is 2. The molecule has 0 aromatic heterocycles. The fourth-order valence-electron chi connectivity index (χ4n) is 4.23. The van der Waals surface area contributed by atoms with Crippen LogP contribution in [0.1, 0.15) is 13.8 Å². The molecule has 0 unspecified atom stereocenters. The number of nitrogens with zero attached hydrogens (tertiary/aromatic N) is 4. The van der Waals surface area contributed by atoms with Crippen molar-refractivity contribution in [3.63, 3.8) is 0 Å². The third kappa shape index (κ3) is 6.38. The standard InChI is InChI=1S/C19H37N5O4/c1-4-27-17(25)12-23-10-11-24(13-18(26)28-5-2)16-19(15-23)14-22(7-6-20)9-8-21(19)3/h4-16,20H2,1-3H3. The third-order valence-electron chi connectivity index (χ3n) is 5.61. The van der Waals surface area contributed by atoms with Gasteiger partial charge in [0.2, 0.25) is 0 Å². The van der Waals surface area contributed by atoms with Crippen LogP contribution in [0, 0.1) is 0 Å². The van der Waals surface area contributed by atoms with Gasteiger partial charge in [-0.15, -0.1) is 0 Å². The summed E-state index contributed by atoms with van der Waals surface area (Å²) in [6, 6.07) is 0. The Balaban J connectivity index is 2.18. The summed E-state index contributed by atoms with van der Waals surface area (Å²) in [5, 5.41) is 0. The van der Waals surface area contributed by atoms with E-state index in [9.17, 15) is 9.59 Å². The second-order valence-corrected chi connectivity index (χ2v) is 7.74. The summed E-state index contributed by atoms with van der Waals surface area (Å²) >= 11 is 0. The van der Waals surface area contributed by atoms with E-state index in [0.29, 0.717) is 32.8 Å². The van der Waals surface area contributed by atoms with Gasteiger partial charge in [-0.05, 0) is 20.9 Å². The SMILES string of the molecule is CCOC(=O)CN1CCN(CC(=O)OCC)CC2(CN(CCN)CCN2C)C1. The molecule has 0 atom stereocenters. The first kappa shape index (κ1) is 23.0. The normalized spacial score (nSPS) is 22.1. The monoisotopic (exact) mass is 399 g/mol. The molecule has 0 bridgehead atoms. The van der Waals surface area contributed by atoms with Gasteiger partial charge in [0.15, 0.2) is 0 Å². The zero-order valence-corrected chi connectivity index (χ0v) is 17.7. The van der Waals surface area contributed by atoms with Crippen molar-refractivity contribution < 1.29 is 19.1 Å². The summed E-state index contributed by atoms with van der Waals surface area (Å²) in [6.45, 7) is 12.1. The van der Waals surface area contributed by atoms with E-state index in [4.69, 9.17) is 15.2 Å². The van der Waals surface area contributed by atoms with Crippen LogP contribution in [0.2, 0.25) is 0 Å². The fraction of sp³-hybridized carbons (Fsp3) is 0.895. The molecule has 0 aromatic rings. The van der Waals surface area contributed by atoms with Crippen molar-refractivity contribution in [3.8, 4) is 0 Å². The van der Waals surface area contributed by atoms with Crippen molar-refractivity contribution in [2.45, 2.75) is 19.4 Å². The molecule has 2 aliphatic rings. The lowest BCUT2D eigenvalue weighted by Crippen LogP contribution is -2.68. The van der Waals surface area contributed by atoms with Crippen LogP contribution in [-0.2, 0) is 19.1 Å². The summed E-state index contributed by atoms with van der Waals surface area (Å²) in [5.74, 6) is -0.400. The summed E-state index contributed by atoms with van der Waals surface area (Å²) in [5.41, 5.74) is 5.62. The fourth-order valence-corrected chi connectivity index (χ4v) is 4.23. The zero-order valence-electron chi connectivity index (χ0n) is 17.7. The van der Waals surface area contributed by atoms with Crippen molar-refractivity contribution in [1.82, 2.24) is 19.6 Å². The molecule has 0 saturated carbocycles. The Morgan fingerprint density at radius 2 is 1.32 bits per heavy atom. The molecule has 2 N–H and O–H groups in total. The van der Waals surface area contributed by atoms with Gasteiger partial charge in [0, 0.05) is 58.9 Å². The van der Waals surface area contributed by atoms with Crippen LogP contribution in [0.4, 0.5) is 0 Å². The molecule has 1 spiro atoms. The van der Waals surface area contributed by atoms with Crippen molar-refractivity contribution in [1.29, 1.82) is 0 Å². The number of ether oxygens (including phenoxy) is 2. The van der Waals surface area contributed by atoms with Gasteiger partial charge in [-0.3, -0.25) is 29.2 Å². The van der Waals surface area contributed by atoms with Gasteiger partial charge >= 0.3 is 11.9 Å². The first-order valence-corrected chi connectivity index (χ1v) is 10.3. The Morgan fingerprint density at radius 1 is 0.857 bits per heavy atom. The van der Waals surface area contributed by atoms with Crippen molar-refractivity contribution >= 4 is 11.9 Å². The molecule has 9 nitrogen and oxygen atoms in total. The highest BCUT2D eigenvalue weighted by Gasteiger charge is 2.44. The van der Waals surface area contributed by atoms with Crippen molar-refractivity contribution in [2.24, 2.45) is 5.73 Å². The second kappa shape index (κ2) is 11.1. The second-order valence-electron chi connectivity index (χ2n) is 7.74. The highest BCUT2D eigenvalue weighted by Crippen LogP contribution is 2.25. The third-order valence-corrected chi connectivity index (χ3v) is 5.61. The Bertz CT molecular complexity index is 489. The van der Waals surface area contributed by atoms with E-state index in [1.54, 1.807) is 0 Å². The molecular formula is C19H37N5O4. The predicted molar refractivity (Wildman–Crippen MR) is 107 cm³/mol. The molecule has 2 aliphatic heterocycles. The van der Waals surface area contributed by atoms with Crippen LogP contribution >= 0.6 is 0 Å². The lowest BCUT2D eigenvalue weighted by Gasteiger charge is -2.51. The topological polar surface area (TPSA) is 91.6 Å². The average molecular weight is 400 g/mol. The van der Waals surface area contributed by atoms with E-state index in [1.807, 2.05) is 13.8 Å². The molecule has 2 saturated heterocycles. The molecule has 162 valence electrons. The number of hydrogen-bond donors (Lipinski definition) is 1. The van der Waals surface area contributed by atoms with Gasteiger partial charge in [0.05, 0.1) is 31.8 Å². The molecule has 2 rings (SSSR count). The molecular weight excluding hydrogens is 362 g/mol. The number of likely N-dealkylation sites (N-methyl/N-ethyl adjacent to an activating group) is 1. The lowest BCUT2D eigenvalue weighted by molar-refractivity contribution is -0.145. The highest BCUT2D eigenvalue weighted by molar-refractivity contribution is 5.72. The Labute approximate surface area is 168 Å². The Kier molecular flexibility index (Phi) is 9.10. The Morgan fingerprint density at radius 3 is 1.79 bits per heavy atom. The van der Waals surface area contributed by atoms with Gasteiger partial charge in [-0.25, -0.2) is 0 Å². The van der Waals surface area contributed by atoms with E-state index < -0.39 is 0 Å². The summed E-state index contributed by atoms with van der Waals surface area (Å²) < 4.78 is 10.3. The molecule has 0 aromatic carbocycles. The number of piperazine rings is 1. The maximum atomic E-state index is 12.1. The van der Waals surface area contributed by atoms with Gasteiger partial charge in [0.1, 0.15) is 0 Å². The highest BCUT2D eigenvalue weighted by atomic mass is 16.5. The van der Waals surface area contributed by atoms with E-state index in [2.05, 4.69) is 26.6 Å². The molecule has 2 heterocycles. The minimum Gasteiger partial charge on any atom is -0.465 e. The van der Waals surface area contributed by atoms with Gasteiger partial charge < -0.3 is 15.2 Å². The first-order valence-electron chi connectivity index (χ1n) is 10.3. The van der Waals surface area contributed by atoms with Crippen LogP contribution in [0.25, 0.3) is 0 Å². The van der Waals surface area contributed by atoms with Gasteiger partial charge in [-0.1, -0.05) is 0 Å². The van der Waals surface area contributed by atoms with E-state index in [1.165, 1.54) is 0 Å². The summed E-state index contributed by atoms with van der Waals surface area (Å²) in [7, 11) is 2.14. The van der Waals surface area contributed by atoms with Crippen LogP contribution in [0.15, 0.2) is 0 Å². The lowest BCUT2D eigenvalue weighted by atomic mass is 9.92. The quantitative estimate of drug-likeness (QED) is 0.499. The van der Waals surface area contributed by atoms with Gasteiger partial charge in [-0.2, -0.15) is 0 Å². The van der Waals surface area contributed by atoms with Crippen LogP contribution in [-0.4, -0.2) is 129 Å². The van der Waals surface area contributed by atoms with E-state index >= 15 is 0 Å². The minimum absolute atomic E-state index is 0.178. The molecule has 9 heteroatoms. The summed E-state index contributed by atoms with van der Waals surface area (Å²) in [6.07, 6.45) is 0. The molecule has 28 heavy (non-hydrogen) atoms. The number of esters is 2. The Hall–Kier alpha value is -1.26. The number of rotatable bonds is 8. The molecule has 0 amide bonds. The van der Waals surface area contributed by atoms with Crippen LogP contribution in [0.5, 0.6) is 0 Å². The minimum atomic E-state index is -0.200. The first-order chi connectivity index (χ1) is 13.4. The molecule has 2 fully saturated rings.